The molecule has 0 aliphatic rings. The Morgan fingerprint density at radius 2 is 1.87 bits per heavy atom. The van der Waals surface area contributed by atoms with Gasteiger partial charge >= 0.3 is 0 Å². The topological polar surface area (TPSA) is 46.2 Å². The number of hydrogen-bond acceptors (Lipinski definition) is 2. The highest BCUT2D eigenvalue weighted by atomic mass is 79.9. The van der Waals surface area contributed by atoms with Crippen LogP contribution < -0.4 is 5.32 Å². The molecule has 0 atom stereocenters. The Balaban J connectivity index is 2.51. The molecular weight excluding hydrogens is 258 g/mol. The zero-order chi connectivity index (χ0) is 11.3. The van der Waals surface area contributed by atoms with Gasteiger partial charge in [0.05, 0.1) is 6.42 Å². The normalized spacial score (nSPS) is 9.73. The number of carbonyl (C=O) groups is 2. The van der Waals surface area contributed by atoms with Crippen molar-refractivity contribution in [3.63, 3.8) is 0 Å². The summed E-state index contributed by atoms with van der Waals surface area (Å²) in [6.07, 6.45) is 0.348. The predicted molar refractivity (Wildman–Crippen MR) is 62.7 cm³/mol. The first-order chi connectivity index (χ1) is 7.11. The van der Waals surface area contributed by atoms with Crippen LogP contribution in [0.5, 0.6) is 0 Å². The third kappa shape index (κ3) is 4.25. The molecule has 0 saturated heterocycles. The Morgan fingerprint density at radius 3 is 2.40 bits per heavy atom. The second-order valence-corrected chi connectivity index (χ2v) is 4.04. The first-order valence-electron chi connectivity index (χ1n) is 4.69. The van der Waals surface area contributed by atoms with Crippen molar-refractivity contribution < 1.29 is 9.59 Å². The summed E-state index contributed by atoms with van der Waals surface area (Å²) in [6, 6.07) is 7.21. The van der Waals surface area contributed by atoms with Crippen LogP contribution in [-0.4, -0.2) is 11.7 Å². The molecule has 0 aliphatic heterocycles. The van der Waals surface area contributed by atoms with Gasteiger partial charge in [-0.25, -0.2) is 0 Å². The van der Waals surface area contributed by atoms with Gasteiger partial charge < -0.3 is 5.32 Å². The number of benzene rings is 1. The standard InChI is InChI=1S/C11H12BrNO2/c1-2-10(14)7-11(15)13-9-5-3-8(12)4-6-9/h3-6H,2,7H2,1H3,(H,13,15). The van der Waals surface area contributed by atoms with Crippen LogP contribution in [0.25, 0.3) is 0 Å². The molecule has 1 aromatic rings. The van der Waals surface area contributed by atoms with Crippen molar-refractivity contribution in [2.24, 2.45) is 0 Å². The molecule has 1 rings (SSSR count). The lowest BCUT2D eigenvalue weighted by molar-refractivity contribution is -0.125. The van der Waals surface area contributed by atoms with Crippen LogP contribution in [-0.2, 0) is 9.59 Å². The smallest absolute Gasteiger partial charge is 0.231 e. The van der Waals surface area contributed by atoms with E-state index in [1.165, 1.54) is 0 Å². The molecule has 1 aromatic carbocycles. The molecule has 4 heteroatoms. The van der Waals surface area contributed by atoms with Gasteiger partial charge in [0.1, 0.15) is 5.78 Å². The average Bonchev–Trinajstić information content (AvgIpc) is 2.21. The fraction of sp³-hybridized carbons (Fsp3) is 0.273. The van der Waals surface area contributed by atoms with Gasteiger partial charge in [-0.2, -0.15) is 0 Å². The number of amides is 1. The highest BCUT2D eigenvalue weighted by Crippen LogP contribution is 2.14. The van der Waals surface area contributed by atoms with E-state index in [1.54, 1.807) is 19.1 Å². The van der Waals surface area contributed by atoms with Crippen molar-refractivity contribution in [3.05, 3.63) is 28.7 Å². The zero-order valence-corrected chi connectivity index (χ0v) is 10.0. The van der Waals surface area contributed by atoms with Crippen molar-refractivity contribution in [2.75, 3.05) is 5.32 Å². The first kappa shape index (κ1) is 11.9. The third-order valence-electron chi connectivity index (χ3n) is 1.88. The van der Waals surface area contributed by atoms with Crippen molar-refractivity contribution in [1.29, 1.82) is 0 Å². The van der Waals surface area contributed by atoms with Crippen LogP contribution in [0, 0.1) is 0 Å². The van der Waals surface area contributed by atoms with Crippen molar-refractivity contribution in [2.45, 2.75) is 19.8 Å². The van der Waals surface area contributed by atoms with E-state index in [4.69, 9.17) is 0 Å². The number of nitrogens with one attached hydrogen (secondary N) is 1. The maximum Gasteiger partial charge on any atom is 0.231 e. The molecule has 0 aliphatic carbocycles. The minimum atomic E-state index is -0.260. The molecule has 1 amide bonds. The van der Waals surface area contributed by atoms with Crippen molar-refractivity contribution in [1.82, 2.24) is 0 Å². The Kier molecular flexibility index (Phi) is 4.49. The molecule has 0 spiro atoms. The van der Waals surface area contributed by atoms with Gasteiger partial charge in [-0.3, -0.25) is 9.59 Å². The molecule has 80 valence electrons. The van der Waals surface area contributed by atoms with Crippen LogP contribution in [0.1, 0.15) is 19.8 Å². The largest absolute Gasteiger partial charge is 0.326 e. The van der Waals surface area contributed by atoms with E-state index in [-0.39, 0.29) is 18.1 Å². The molecule has 1 N–H and O–H groups in total. The van der Waals surface area contributed by atoms with E-state index >= 15 is 0 Å². The van der Waals surface area contributed by atoms with E-state index in [0.717, 1.165) is 4.47 Å². The lowest BCUT2D eigenvalue weighted by atomic mass is 10.2. The van der Waals surface area contributed by atoms with Gasteiger partial charge in [0.25, 0.3) is 0 Å². The van der Waals surface area contributed by atoms with Crippen LogP contribution in [0.2, 0.25) is 0 Å². The Bertz CT molecular complexity index is 359. The highest BCUT2D eigenvalue weighted by Gasteiger charge is 2.07. The summed E-state index contributed by atoms with van der Waals surface area (Å²) in [5, 5.41) is 2.65. The number of halogens is 1. The lowest BCUT2D eigenvalue weighted by Crippen LogP contribution is -2.15. The van der Waals surface area contributed by atoms with E-state index in [1.807, 2.05) is 12.1 Å². The summed E-state index contributed by atoms with van der Waals surface area (Å²) in [5.74, 6) is -0.311. The Hall–Kier alpha value is -1.16. The maximum absolute atomic E-state index is 11.3. The summed E-state index contributed by atoms with van der Waals surface area (Å²) in [7, 11) is 0. The average molecular weight is 270 g/mol. The summed E-state index contributed by atoms with van der Waals surface area (Å²) in [5.41, 5.74) is 0.701. The minimum Gasteiger partial charge on any atom is -0.326 e. The van der Waals surface area contributed by atoms with Gasteiger partial charge in [-0.1, -0.05) is 22.9 Å². The molecule has 0 bridgehead atoms. The Labute approximate surface area is 97.0 Å². The minimum absolute atomic E-state index is 0.0490. The van der Waals surface area contributed by atoms with Gasteiger partial charge in [-0.05, 0) is 24.3 Å². The molecule has 0 radical (unpaired) electrons. The number of rotatable bonds is 4. The van der Waals surface area contributed by atoms with Crippen LogP contribution in [0.3, 0.4) is 0 Å². The number of carbonyl (C=O) groups excluding carboxylic acids is 2. The molecule has 3 nitrogen and oxygen atoms in total. The summed E-state index contributed by atoms with van der Waals surface area (Å²) >= 11 is 3.30. The SMILES string of the molecule is CCC(=O)CC(=O)Nc1ccc(Br)cc1. The fourth-order valence-corrected chi connectivity index (χ4v) is 1.31. The highest BCUT2D eigenvalue weighted by molar-refractivity contribution is 9.10. The maximum atomic E-state index is 11.3. The second kappa shape index (κ2) is 5.66. The number of anilines is 1. The molecule has 15 heavy (non-hydrogen) atoms. The summed E-state index contributed by atoms with van der Waals surface area (Å²) < 4.78 is 0.949. The van der Waals surface area contributed by atoms with Crippen LogP contribution in [0.15, 0.2) is 28.7 Å². The zero-order valence-electron chi connectivity index (χ0n) is 8.42. The van der Waals surface area contributed by atoms with Crippen LogP contribution in [0.4, 0.5) is 5.69 Å². The van der Waals surface area contributed by atoms with Gasteiger partial charge in [0, 0.05) is 16.6 Å². The summed E-state index contributed by atoms with van der Waals surface area (Å²) in [6.45, 7) is 1.75. The molecular formula is C11H12BrNO2. The number of hydrogen-bond donors (Lipinski definition) is 1. The molecule has 0 heterocycles. The molecule has 0 aromatic heterocycles. The monoisotopic (exact) mass is 269 g/mol. The number of ketones is 1. The van der Waals surface area contributed by atoms with Gasteiger partial charge in [0.15, 0.2) is 0 Å². The third-order valence-corrected chi connectivity index (χ3v) is 2.41. The van der Waals surface area contributed by atoms with E-state index in [9.17, 15) is 9.59 Å². The van der Waals surface area contributed by atoms with Crippen molar-refractivity contribution >= 4 is 33.3 Å². The lowest BCUT2D eigenvalue weighted by Gasteiger charge is -2.03. The molecule has 0 saturated carbocycles. The van der Waals surface area contributed by atoms with E-state index < -0.39 is 0 Å². The van der Waals surface area contributed by atoms with Gasteiger partial charge in [-0.15, -0.1) is 0 Å². The summed E-state index contributed by atoms with van der Waals surface area (Å²) in [4.78, 5) is 22.3. The van der Waals surface area contributed by atoms with E-state index in [2.05, 4.69) is 21.2 Å². The fourth-order valence-electron chi connectivity index (χ4n) is 1.04. The van der Waals surface area contributed by atoms with Crippen molar-refractivity contribution in [3.8, 4) is 0 Å². The van der Waals surface area contributed by atoms with Gasteiger partial charge in [0.2, 0.25) is 5.91 Å². The molecule has 0 fully saturated rings. The molecule has 0 unspecified atom stereocenters. The predicted octanol–water partition coefficient (Wildman–Crippen LogP) is 2.76. The quantitative estimate of drug-likeness (QED) is 0.855. The first-order valence-corrected chi connectivity index (χ1v) is 5.48. The number of Topliss-reactive ketones (excluding diaryl/α,β-unsaturated/α-hetero) is 1. The Morgan fingerprint density at radius 1 is 1.27 bits per heavy atom. The van der Waals surface area contributed by atoms with Crippen LogP contribution >= 0.6 is 15.9 Å². The van der Waals surface area contributed by atoms with E-state index in [0.29, 0.717) is 12.1 Å². The second-order valence-electron chi connectivity index (χ2n) is 3.12.